The summed E-state index contributed by atoms with van der Waals surface area (Å²) in [7, 11) is 0. The van der Waals surface area contributed by atoms with Gasteiger partial charge in [-0.15, -0.1) is 0 Å². The van der Waals surface area contributed by atoms with Gasteiger partial charge in [-0.1, -0.05) is 0 Å². The summed E-state index contributed by atoms with van der Waals surface area (Å²) in [4.78, 5) is 21.6. The van der Waals surface area contributed by atoms with Crippen LogP contribution in [-0.4, -0.2) is 22.9 Å². The number of amides is 2. The maximum absolute atomic E-state index is 10.8. The fourth-order valence-corrected chi connectivity index (χ4v) is 2.80. The van der Waals surface area contributed by atoms with E-state index in [9.17, 15) is 9.59 Å². The van der Waals surface area contributed by atoms with E-state index >= 15 is 0 Å². The molecule has 0 aromatic carbocycles. The van der Waals surface area contributed by atoms with Crippen LogP contribution in [0.3, 0.4) is 0 Å². The van der Waals surface area contributed by atoms with Crippen molar-refractivity contribution in [3.8, 4) is 0 Å². The Morgan fingerprint density at radius 2 is 1.23 bits per heavy atom. The molecular weight excluding hydrogens is 168 g/mol. The average molecular weight is 182 g/mol. The Balaban J connectivity index is 1.86. The first-order valence-electron chi connectivity index (χ1n) is 4.53. The normalized spacial score (nSPS) is 39.8. The minimum Gasteiger partial charge on any atom is -0.351 e. The lowest BCUT2D eigenvalue weighted by molar-refractivity contribution is -0.147. The predicted molar refractivity (Wildman–Crippen MR) is 46.9 cm³/mol. The second kappa shape index (κ2) is 2.25. The van der Waals surface area contributed by atoms with Gasteiger partial charge in [-0.05, 0) is 19.3 Å². The molecule has 0 atom stereocenters. The molecule has 2 amide bonds. The Bertz CT molecular complexity index is 240. The fourth-order valence-electron chi connectivity index (χ4n) is 2.80. The van der Waals surface area contributed by atoms with Gasteiger partial charge in [0.05, 0.1) is 0 Å². The highest BCUT2D eigenvalue weighted by molar-refractivity contribution is 5.77. The largest absolute Gasteiger partial charge is 0.351 e. The first kappa shape index (κ1) is 8.53. The predicted octanol–water partition coefficient (Wildman–Crippen LogP) is -0.0663. The van der Waals surface area contributed by atoms with Gasteiger partial charge in [0, 0.05) is 24.9 Å². The van der Waals surface area contributed by atoms with Gasteiger partial charge in [0.25, 0.3) is 0 Å². The van der Waals surface area contributed by atoms with Crippen molar-refractivity contribution in [2.24, 2.45) is 0 Å². The van der Waals surface area contributed by atoms with Crippen molar-refractivity contribution >= 4 is 11.8 Å². The van der Waals surface area contributed by atoms with Crippen molar-refractivity contribution in [3.05, 3.63) is 0 Å². The maximum atomic E-state index is 10.8. The van der Waals surface area contributed by atoms with Gasteiger partial charge in [0.1, 0.15) is 0 Å². The fraction of sp³-hybridized carbons (Fsp3) is 0.778. The minimum absolute atomic E-state index is 0.0221. The Labute approximate surface area is 77.1 Å². The first-order valence-corrected chi connectivity index (χ1v) is 4.53. The molecular formula is C9H14N2O2. The number of rotatable bonds is 2. The highest BCUT2D eigenvalue weighted by Gasteiger charge is 2.68. The van der Waals surface area contributed by atoms with Crippen LogP contribution in [0.2, 0.25) is 0 Å². The topological polar surface area (TPSA) is 58.2 Å². The van der Waals surface area contributed by atoms with Crippen LogP contribution in [0.25, 0.3) is 0 Å². The van der Waals surface area contributed by atoms with Crippen LogP contribution in [0.15, 0.2) is 0 Å². The third-order valence-corrected chi connectivity index (χ3v) is 2.91. The molecule has 0 unspecified atom stereocenters. The third kappa shape index (κ3) is 1.20. The van der Waals surface area contributed by atoms with Gasteiger partial charge < -0.3 is 10.6 Å². The van der Waals surface area contributed by atoms with Gasteiger partial charge in [-0.25, -0.2) is 0 Å². The SMILES string of the molecule is CC(=O)NC12CC(NC(C)=O)(C1)C2. The number of carbonyl (C=O) groups is 2. The Kier molecular flexibility index (Phi) is 1.47. The summed E-state index contributed by atoms with van der Waals surface area (Å²) in [5.41, 5.74) is 0.0442. The maximum Gasteiger partial charge on any atom is 0.217 e. The molecule has 0 saturated heterocycles. The zero-order chi connectivity index (χ0) is 9.69. The van der Waals surface area contributed by atoms with Crippen molar-refractivity contribution in [1.82, 2.24) is 10.6 Å². The van der Waals surface area contributed by atoms with Gasteiger partial charge in [-0.3, -0.25) is 9.59 Å². The molecule has 0 heterocycles. The molecule has 0 aromatic rings. The first-order chi connectivity index (χ1) is 5.95. The van der Waals surface area contributed by atoms with E-state index in [1.165, 1.54) is 13.8 Å². The van der Waals surface area contributed by atoms with Crippen molar-refractivity contribution in [1.29, 1.82) is 0 Å². The van der Waals surface area contributed by atoms with Crippen LogP contribution >= 0.6 is 0 Å². The lowest BCUT2D eigenvalue weighted by atomic mass is 9.44. The molecule has 13 heavy (non-hydrogen) atoms. The average Bonchev–Trinajstić information content (AvgIpc) is 1.77. The van der Waals surface area contributed by atoms with E-state index in [4.69, 9.17) is 0 Å². The molecule has 0 aromatic heterocycles. The standard InChI is InChI=1S/C9H14N2O2/c1-6(12)10-8-3-9(4-8,5-8)11-7(2)13/h3-5H2,1-2H3,(H,10,12)(H,11,13). The number of hydrogen-bond acceptors (Lipinski definition) is 2. The number of nitrogens with one attached hydrogen (secondary N) is 2. The quantitative estimate of drug-likeness (QED) is 0.628. The Morgan fingerprint density at radius 3 is 1.46 bits per heavy atom. The molecule has 2 N–H and O–H groups in total. The molecule has 2 bridgehead atoms. The molecule has 3 aliphatic rings. The molecule has 3 aliphatic carbocycles. The summed E-state index contributed by atoms with van der Waals surface area (Å²) >= 11 is 0. The molecule has 3 fully saturated rings. The van der Waals surface area contributed by atoms with Crippen molar-refractivity contribution in [2.45, 2.75) is 44.2 Å². The van der Waals surface area contributed by atoms with Crippen molar-refractivity contribution < 1.29 is 9.59 Å². The summed E-state index contributed by atoms with van der Waals surface area (Å²) in [5.74, 6) is 0.0484. The monoisotopic (exact) mass is 182 g/mol. The molecule has 0 radical (unpaired) electrons. The lowest BCUT2D eigenvalue weighted by Gasteiger charge is -2.70. The second-order valence-corrected chi connectivity index (χ2v) is 4.45. The zero-order valence-corrected chi connectivity index (χ0v) is 7.94. The minimum atomic E-state index is 0.0221. The lowest BCUT2D eigenvalue weighted by Crippen LogP contribution is -2.83. The zero-order valence-electron chi connectivity index (χ0n) is 7.94. The Morgan fingerprint density at radius 1 is 0.923 bits per heavy atom. The molecule has 72 valence electrons. The summed E-state index contributed by atoms with van der Waals surface area (Å²) < 4.78 is 0. The van der Waals surface area contributed by atoms with E-state index in [1.54, 1.807) is 0 Å². The van der Waals surface area contributed by atoms with Crippen LogP contribution in [0.5, 0.6) is 0 Å². The van der Waals surface area contributed by atoms with Crippen molar-refractivity contribution in [3.63, 3.8) is 0 Å². The smallest absolute Gasteiger partial charge is 0.217 e. The van der Waals surface area contributed by atoms with E-state index in [-0.39, 0.29) is 22.9 Å². The molecule has 4 heteroatoms. The van der Waals surface area contributed by atoms with Crippen LogP contribution in [0.4, 0.5) is 0 Å². The van der Waals surface area contributed by atoms with Crippen LogP contribution < -0.4 is 10.6 Å². The molecule has 0 spiro atoms. The molecule has 3 saturated carbocycles. The third-order valence-electron chi connectivity index (χ3n) is 2.91. The molecule has 0 aliphatic heterocycles. The van der Waals surface area contributed by atoms with Gasteiger partial charge >= 0.3 is 0 Å². The van der Waals surface area contributed by atoms with E-state index in [2.05, 4.69) is 10.6 Å². The molecule has 4 nitrogen and oxygen atoms in total. The second-order valence-electron chi connectivity index (χ2n) is 4.45. The number of carbonyl (C=O) groups excluding carboxylic acids is 2. The molecule has 3 rings (SSSR count). The van der Waals surface area contributed by atoms with E-state index in [1.807, 2.05) is 0 Å². The van der Waals surface area contributed by atoms with E-state index in [0.29, 0.717) is 0 Å². The van der Waals surface area contributed by atoms with Gasteiger partial charge in [-0.2, -0.15) is 0 Å². The van der Waals surface area contributed by atoms with Gasteiger partial charge in [0.2, 0.25) is 11.8 Å². The number of hydrogen-bond donors (Lipinski definition) is 2. The van der Waals surface area contributed by atoms with Crippen LogP contribution in [0.1, 0.15) is 33.1 Å². The van der Waals surface area contributed by atoms with E-state index in [0.717, 1.165) is 19.3 Å². The van der Waals surface area contributed by atoms with E-state index < -0.39 is 0 Å². The van der Waals surface area contributed by atoms with Crippen LogP contribution in [-0.2, 0) is 9.59 Å². The Hall–Kier alpha value is -1.06. The summed E-state index contributed by atoms with van der Waals surface area (Å²) in [6, 6.07) is 0. The highest BCUT2D eigenvalue weighted by atomic mass is 16.2. The van der Waals surface area contributed by atoms with Gasteiger partial charge in [0.15, 0.2) is 0 Å². The summed E-state index contributed by atoms with van der Waals surface area (Å²) in [6.07, 6.45) is 2.71. The van der Waals surface area contributed by atoms with Crippen LogP contribution in [0, 0.1) is 0 Å². The van der Waals surface area contributed by atoms with Crippen molar-refractivity contribution in [2.75, 3.05) is 0 Å². The summed E-state index contributed by atoms with van der Waals surface area (Å²) in [6.45, 7) is 3.07. The highest BCUT2D eigenvalue weighted by Crippen LogP contribution is 2.60. The summed E-state index contributed by atoms with van der Waals surface area (Å²) in [5, 5.41) is 5.86.